The van der Waals surface area contributed by atoms with Crippen LogP contribution in [-0.2, 0) is 14.8 Å². The van der Waals surface area contributed by atoms with Gasteiger partial charge in [-0.25, -0.2) is 8.42 Å². The Labute approximate surface area is 183 Å². The molecule has 0 atom stereocenters. The lowest BCUT2D eigenvalue weighted by atomic mass is 9.98. The van der Waals surface area contributed by atoms with E-state index in [4.69, 9.17) is 14.2 Å². The zero-order valence-corrected chi connectivity index (χ0v) is 18.6. The van der Waals surface area contributed by atoms with E-state index in [1.54, 1.807) is 12.1 Å². The molecule has 8 heteroatoms. The topological polar surface area (TPSA) is 82.1 Å². The molecule has 2 aromatic carbocycles. The van der Waals surface area contributed by atoms with Gasteiger partial charge in [-0.15, -0.1) is 0 Å². The van der Waals surface area contributed by atoms with Crippen molar-refractivity contribution in [2.75, 3.05) is 26.3 Å². The highest BCUT2D eigenvalue weighted by Crippen LogP contribution is 2.34. The number of benzene rings is 2. The first-order valence-corrected chi connectivity index (χ1v) is 12.0. The molecule has 0 bridgehead atoms. The van der Waals surface area contributed by atoms with Gasteiger partial charge in [-0.2, -0.15) is 4.31 Å². The summed E-state index contributed by atoms with van der Waals surface area (Å²) in [6.45, 7) is 5.38. The number of aryl methyl sites for hydroxylation is 2. The maximum Gasteiger partial charge on any atom is 0.314 e. The third-order valence-electron chi connectivity index (χ3n) is 5.76. The fraction of sp³-hybridized carbons (Fsp3) is 0.435. The van der Waals surface area contributed by atoms with Crippen LogP contribution in [-0.4, -0.2) is 45.0 Å². The number of piperidine rings is 1. The largest absolute Gasteiger partial charge is 0.490 e. The van der Waals surface area contributed by atoms with E-state index in [2.05, 4.69) is 0 Å². The van der Waals surface area contributed by atoms with E-state index in [0.717, 1.165) is 17.5 Å². The molecule has 0 aliphatic carbocycles. The van der Waals surface area contributed by atoms with Crippen LogP contribution in [0.2, 0.25) is 0 Å². The molecule has 0 amide bonds. The molecule has 7 nitrogen and oxygen atoms in total. The van der Waals surface area contributed by atoms with Gasteiger partial charge in [0.1, 0.15) is 5.75 Å². The number of rotatable bonds is 4. The van der Waals surface area contributed by atoms with E-state index < -0.39 is 10.0 Å². The van der Waals surface area contributed by atoms with Gasteiger partial charge in [-0.05, 0) is 49.9 Å². The van der Waals surface area contributed by atoms with E-state index >= 15 is 0 Å². The summed E-state index contributed by atoms with van der Waals surface area (Å²) >= 11 is 0. The molecule has 31 heavy (non-hydrogen) atoms. The molecule has 2 aromatic rings. The lowest BCUT2D eigenvalue weighted by molar-refractivity contribution is -0.140. The Morgan fingerprint density at radius 1 is 1.00 bits per heavy atom. The summed E-state index contributed by atoms with van der Waals surface area (Å²) in [5.41, 5.74) is 1.81. The van der Waals surface area contributed by atoms with E-state index in [-0.39, 0.29) is 29.9 Å². The summed E-state index contributed by atoms with van der Waals surface area (Å²) in [7, 11) is -3.68. The second kappa shape index (κ2) is 8.88. The van der Waals surface area contributed by atoms with Gasteiger partial charge in [-0.3, -0.25) is 4.79 Å². The summed E-state index contributed by atoms with van der Waals surface area (Å²) < 4.78 is 44.6. The Bertz CT molecular complexity index is 1050. The minimum absolute atomic E-state index is 0.174. The predicted molar refractivity (Wildman–Crippen MR) is 115 cm³/mol. The zero-order valence-electron chi connectivity index (χ0n) is 17.8. The summed E-state index contributed by atoms with van der Waals surface area (Å²) in [6.07, 6.45) is 1.60. The average molecular weight is 446 g/mol. The molecule has 0 N–H and O–H groups in total. The van der Waals surface area contributed by atoms with Crippen LogP contribution in [0.25, 0.3) is 0 Å². The molecule has 1 fully saturated rings. The van der Waals surface area contributed by atoms with E-state index in [9.17, 15) is 13.2 Å². The Morgan fingerprint density at radius 3 is 2.32 bits per heavy atom. The summed E-state index contributed by atoms with van der Waals surface area (Å²) in [5.74, 6) is 0.976. The number of fused-ring (bicyclic) bond motifs is 1. The quantitative estimate of drug-likeness (QED) is 0.529. The second-order valence-corrected chi connectivity index (χ2v) is 9.92. The lowest BCUT2D eigenvalue weighted by Gasteiger charge is -2.30. The highest BCUT2D eigenvalue weighted by molar-refractivity contribution is 7.89. The molecule has 0 unspecified atom stereocenters. The highest BCUT2D eigenvalue weighted by atomic mass is 32.2. The van der Waals surface area contributed by atoms with Gasteiger partial charge in [0, 0.05) is 25.6 Å². The molecular formula is C23H27NO6S. The van der Waals surface area contributed by atoms with Crippen LogP contribution >= 0.6 is 0 Å². The van der Waals surface area contributed by atoms with Crippen molar-refractivity contribution in [1.82, 2.24) is 4.31 Å². The van der Waals surface area contributed by atoms with Crippen molar-refractivity contribution in [3.63, 3.8) is 0 Å². The first kappa shape index (κ1) is 21.6. The smallest absolute Gasteiger partial charge is 0.314 e. The normalized spacial score (nSPS) is 17.7. The number of hydrogen-bond donors (Lipinski definition) is 0. The van der Waals surface area contributed by atoms with Gasteiger partial charge in [-0.1, -0.05) is 18.2 Å². The van der Waals surface area contributed by atoms with E-state index in [1.165, 1.54) is 10.4 Å². The van der Waals surface area contributed by atoms with E-state index in [0.29, 0.717) is 43.3 Å². The number of nitrogens with zero attached hydrogens (tertiary/aromatic N) is 1. The second-order valence-electron chi connectivity index (χ2n) is 7.98. The van der Waals surface area contributed by atoms with Gasteiger partial charge >= 0.3 is 5.97 Å². The average Bonchev–Trinajstić information content (AvgIpc) is 3.01. The van der Waals surface area contributed by atoms with Crippen molar-refractivity contribution >= 4 is 16.0 Å². The van der Waals surface area contributed by atoms with Gasteiger partial charge in [0.25, 0.3) is 0 Å². The molecule has 0 saturated carbocycles. The molecule has 1 saturated heterocycles. The number of carbonyl (C=O) groups excluding carboxylic acids is 1. The van der Waals surface area contributed by atoms with Crippen LogP contribution in [0.15, 0.2) is 41.3 Å². The monoisotopic (exact) mass is 445 g/mol. The first-order chi connectivity index (χ1) is 14.9. The predicted octanol–water partition coefficient (Wildman–Crippen LogP) is 3.47. The number of para-hydroxylation sites is 1. The number of esters is 1. The number of carbonyl (C=O) groups is 1. The third-order valence-corrected chi connectivity index (χ3v) is 7.65. The van der Waals surface area contributed by atoms with Crippen LogP contribution < -0.4 is 14.2 Å². The molecular weight excluding hydrogens is 418 g/mol. The van der Waals surface area contributed by atoms with Crippen molar-refractivity contribution in [2.24, 2.45) is 5.92 Å². The van der Waals surface area contributed by atoms with Crippen LogP contribution in [0.1, 0.15) is 30.4 Å². The fourth-order valence-corrected chi connectivity index (χ4v) is 5.41. The van der Waals surface area contributed by atoms with Gasteiger partial charge < -0.3 is 14.2 Å². The Kier molecular flexibility index (Phi) is 6.20. The van der Waals surface area contributed by atoms with Gasteiger partial charge in [0.2, 0.25) is 10.0 Å². The standard InChI is InChI=1S/C23H27NO6S/c1-16-5-3-6-17(2)22(16)30-23(25)18-9-11-24(12-10-18)31(26,27)19-7-8-20-21(15-19)29-14-4-13-28-20/h3,5-8,15,18H,4,9-14H2,1-2H3. The lowest BCUT2D eigenvalue weighted by Crippen LogP contribution is -2.41. The number of ether oxygens (including phenoxy) is 3. The van der Waals surface area contributed by atoms with Crippen LogP contribution in [0, 0.1) is 19.8 Å². The van der Waals surface area contributed by atoms with Crippen LogP contribution in [0.4, 0.5) is 0 Å². The van der Waals surface area contributed by atoms with Crippen molar-refractivity contribution in [1.29, 1.82) is 0 Å². The molecule has 166 valence electrons. The minimum Gasteiger partial charge on any atom is -0.490 e. The van der Waals surface area contributed by atoms with Crippen LogP contribution in [0.3, 0.4) is 0 Å². The van der Waals surface area contributed by atoms with Gasteiger partial charge in [0.15, 0.2) is 11.5 Å². The maximum absolute atomic E-state index is 13.1. The molecule has 2 aliphatic heterocycles. The van der Waals surface area contributed by atoms with Crippen molar-refractivity contribution in [2.45, 2.75) is 38.0 Å². The zero-order chi connectivity index (χ0) is 22.0. The Hall–Kier alpha value is -2.58. The van der Waals surface area contributed by atoms with Crippen molar-refractivity contribution in [3.05, 3.63) is 47.5 Å². The number of sulfonamides is 1. The maximum atomic E-state index is 13.1. The SMILES string of the molecule is Cc1cccc(C)c1OC(=O)C1CCN(S(=O)(=O)c2ccc3c(c2)OCCCO3)CC1. The molecule has 0 spiro atoms. The summed E-state index contributed by atoms with van der Waals surface area (Å²) in [6, 6.07) is 10.4. The van der Waals surface area contributed by atoms with Crippen molar-refractivity contribution < 1.29 is 27.4 Å². The molecule has 2 heterocycles. The third kappa shape index (κ3) is 4.55. The molecule has 0 radical (unpaired) electrons. The molecule has 0 aromatic heterocycles. The molecule has 4 rings (SSSR count). The van der Waals surface area contributed by atoms with Crippen LogP contribution in [0.5, 0.6) is 17.2 Å². The van der Waals surface area contributed by atoms with Crippen molar-refractivity contribution in [3.8, 4) is 17.2 Å². The molecule has 2 aliphatic rings. The Balaban J connectivity index is 1.42. The van der Waals surface area contributed by atoms with Gasteiger partial charge in [0.05, 0.1) is 24.0 Å². The summed E-state index contributed by atoms with van der Waals surface area (Å²) in [4.78, 5) is 12.8. The fourth-order valence-electron chi connectivity index (χ4n) is 3.93. The Morgan fingerprint density at radius 2 is 1.65 bits per heavy atom. The highest BCUT2D eigenvalue weighted by Gasteiger charge is 2.34. The van der Waals surface area contributed by atoms with E-state index in [1.807, 2.05) is 32.0 Å². The summed E-state index contributed by atoms with van der Waals surface area (Å²) in [5, 5.41) is 0. The minimum atomic E-state index is -3.68. The first-order valence-electron chi connectivity index (χ1n) is 10.5. The number of hydrogen-bond acceptors (Lipinski definition) is 6.